The van der Waals surface area contributed by atoms with Gasteiger partial charge in [-0.15, -0.1) is 0 Å². The summed E-state index contributed by atoms with van der Waals surface area (Å²) in [7, 11) is 0. The van der Waals surface area contributed by atoms with E-state index in [-0.39, 0.29) is 17.6 Å². The molecule has 1 heterocycles. The summed E-state index contributed by atoms with van der Waals surface area (Å²) in [6.45, 7) is 7.92. The zero-order chi connectivity index (χ0) is 15.2. The van der Waals surface area contributed by atoms with Crippen LogP contribution in [-0.4, -0.2) is 25.5 Å². The van der Waals surface area contributed by atoms with Gasteiger partial charge in [0, 0.05) is 30.9 Å². The minimum absolute atomic E-state index is 0.167. The third kappa shape index (κ3) is 5.12. The van der Waals surface area contributed by atoms with Crippen molar-refractivity contribution in [3.63, 3.8) is 0 Å². The maximum Gasteiger partial charge on any atom is 0.223 e. The van der Waals surface area contributed by atoms with Gasteiger partial charge in [-0.1, -0.05) is 26.0 Å². The lowest BCUT2D eigenvalue weighted by Crippen LogP contribution is -3.11. The van der Waals surface area contributed by atoms with E-state index >= 15 is 0 Å². The fourth-order valence-corrected chi connectivity index (χ4v) is 2.80. The summed E-state index contributed by atoms with van der Waals surface area (Å²) >= 11 is 0. The second-order valence-corrected chi connectivity index (χ2v) is 6.47. The number of likely N-dealkylation sites (tertiary alicyclic amines) is 1. The Kier molecular flexibility index (Phi) is 5.74. The summed E-state index contributed by atoms with van der Waals surface area (Å²) in [6.07, 6.45) is 1.89. The molecule has 1 aromatic carbocycles. The first-order valence-electron chi connectivity index (χ1n) is 7.90. The van der Waals surface area contributed by atoms with Crippen LogP contribution in [0, 0.1) is 17.7 Å². The molecule has 3 nitrogen and oxygen atoms in total. The molecule has 0 unspecified atom stereocenters. The molecule has 1 aliphatic heterocycles. The number of carbonyl (C=O) groups excluding carboxylic acids is 1. The van der Waals surface area contributed by atoms with Crippen molar-refractivity contribution in [1.29, 1.82) is 0 Å². The highest BCUT2D eigenvalue weighted by atomic mass is 19.1. The Balaban J connectivity index is 1.75. The molecule has 0 atom stereocenters. The number of amides is 1. The molecule has 4 heteroatoms. The summed E-state index contributed by atoms with van der Waals surface area (Å²) in [4.78, 5) is 13.5. The summed E-state index contributed by atoms with van der Waals surface area (Å²) in [5.74, 6) is 0.692. The molecule has 1 saturated heterocycles. The molecule has 0 bridgehead atoms. The molecule has 116 valence electrons. The second-order valence-electron chi connectivity index (χ2n) is 6.47. The summed E-state index contributed by atoms with van der Waals surface area (Å²) in [5, 5.41) is 3.03. The van der Waals surface area contributed by atoms with Gasteiger partial charge in [-0.05, 0) is 18.1 Å². The highest BCUT2D eigenvalue weighted by molar-refractivity contribution is 5.78. The fourth-order valence-electron chi connectivity index (χ4n) is 2.80. The average molecular weight is 293 g/mol. The zero-order valence-corrected chi connectivity index (χ0v) is 13.0. The van der Waals surface area contributed by atoms with Gasteiger partial charge in [0.2, 0.25) is 5.91 Å². The minimum Gasteiger partial charge on any atom is -0.356 e. The van der Waals surface area contributed by atoms with E-state index < -0.39 is 0 Å². The monoisotopic (exact) mass is 293 g/mol. The lowest BCUT2D eigenvalue weighted by Gasteiger charge is -2.28. The standard InChI is InChI=1S/C17H25FN2O/c1-13(2)11-19-17(21)15-7-9-20(10-8-15)12-14-3-5-16(18)6-4-14/h3-6,13,15H,7-12H2,1-2H3,(H,19,21)/p+1. The molecule has 21 heavy (non-hydrogen) atoms. The number of nitrogens with one attached hydrogen (secondary N) is 2. The first-order chi connectivity index (χ1) is 10.0. The number of hydrogen-bond donors (Lipinski definition) is 2. The average Bonchev–Trinajstić information content (AvgIpc) is 2.48. The van der Waals surface area contributed by atoms with Crippen LogP contribution in [0.4, 0.5) is 4.39 Å². The number of halogens is 1. The molecule has 0 aliphatic carbocycles. The van der Waals surface area contributed by atoms with Gasteiger partial charge in [-0.25, -0.2) is 4.39 Å². The molecule has 1 aromatic rings. The van der Waals surface area contributed by atoms with Crippen molar-refractivity contribution < 1.29 is 14.1 Å². The maximum absolute atomic E-state index is 12.9. The van der Waals surface area contributed by atoms with E-state index in [1.54, 1.807) is 0 Å². The van der Waals surface area contributed by atoms with Crippen LogP contribution in [0.15, 0.2) is 24.3 Å². The van der Waals surface area contributed by atoms with Crippen molar-refractivity contribution in [3.05, 3.63) is 35.6 Å². The number of piperidine rings is 1. The van der Waals surface area contributed by atoms with E-state index in [4.69, 9.17) is 0 Å². The smallest absolute Gasteiger partial charge is 0.223 e. The van der Waals surface area contributed by atoms with E-state index in [9.17, 15) is 9.18 Å². The minimum atomic E-state index is -0.186. The van der Waals surface area contributed by atoms with Crippen LogP contribution < -0.4 is 10.2 Å². The quantitative estimate of drug-likeness (QED) is 0.845. The van der Waals surface area contributed by atoms with E-state index in [0.717, 1.165) is 44.6 Å². The molecule has 1 amide bonds. The zero-order valence-electron chi connectivity index (χ0n) is 13.0. The Labute approximate surface area is 126 Å². The Morgan fingerprint density at radius 2 is 1.90 bits per heavy atom. The van der Waals surface area contributed by atoms with Crippen LogP contribution in [0.3, 0.4) is 0 Å². The van der Waals surface area contributed by atoms with Gasteiger partial charge in [-0.3, -0.25) is 4.79 Å². The van der Waals surface area contributed by atoms with E-state index in [0.29, 0.717) is 5.92 Å². The normalized spacial score (nSPS) is 22.3. The van der Waals surface area contributed by atoms with Crippen molar-refractivity contribution >= 4 is 5.91 Å². The Hall–Kier alpha value is -1.42. The van der Waals surface area contributed by atoms with Gasteiger partial charge in [0.15, 0.2) is 0 Å². The second kappa shape index (κ2) is 7.55. The maximum atomic E-state index is 12.9. The van der Waals surface area contributed by atoms with Gasteiger partial charge in [0.1, 0.15) is 12.4 Å². The number of benzene rings is 1. The van der Waals surface area contributed by atoms with Gasteiger partial charge in [0.25, 0.3) is 0 Å². The summed E-state index contributed by atoms with van der Waals surface area (Å²) in [5.41, 5.74) is 1.16. The van der Waals surface area contributed by atoms with Crippen molar-refractivity contribution in [1.82, 2.24) is 5.32 Å². The van der Waals surface area contributed by atoms with Crippen LogP contribution in [0.5, 0.6) is 0 Å². The molecular weight excluding hydrogens is 267 g/mol. The largest absolute Gasteiger partial charge is 0.356 e. The van der Waals surface area contributed by atoms with Gasteiger partial charge >= 0.3 is 0 Å². The molecular formula is C17H26FN2O+. The Morgan fingerprint density at radius 3 is 2.48 bits per heavy atom. The first kappa shape index (κ1) is 16.0. The van der Waals surface area contributed by atoms with Gasteiger partial charge < -0.3 is 10.2 Å². The summed E-state index contributed by atoms with van der Waals surface area (Å²) in [6, 6.07) is 6.73. The number of hydrogen-bond acceptors (Lipinski definition) is 1. The molecule has 0 spiro atoms. The lowest BCUT2D eigenvalue weighted by molar-refractivity contribution is -0.919. The lowest BCUT2D eigenvalue weighted by atomic mass is 9.95. The Bertz CT molecular complexity index is 450. The topological polar surface area (TPSA) is 33.5 Å². The predicted molar refractivity (Wildman–Crippen MR) is 81.4 cm³/mol. The van der Waals surface area contributed by atoms with E-state index in [1.165, 1.54) is 17.0 Å². The van der Waals surface area contributed by atoms with E-state index in [2.05, 4.69) is 19.2 Å². The van der Waals surface area contributed by atoms with Crippen LogP contribution in [-0.2, 0) is 11.3 Å². The molecule has 0 saturated carbocycles. The van der Waals surface area contributed by atoms with Crippen molar-refractivity contribution in [2.45, 2.75) is 33.2 Å². The van der Waals surface area contributed by atoms with Crippen molar-refractivity contribution in [2.24, 2.45) is 11.8 Å². The highest BCUT2D eigenvalue weighted by Crippen LogP contribution is 2.10. The third-order valence-corrected chi connectivity index (χ3v) is 4.12. The third-order valence-electron chi connectivity index (χ3n) is 4.12. The molecule has 0 aromatic heterocycles. The van der Waals surface area contributed by atoms with Crippen molar-refractivity contribution in [2.75, 3.05) is 19.6 Å². The Morgan fingerprint density at radius 1 is 1.29 bits per heavy atom. The summed E-state index contributed by atoms with van der Waals surface area (Å²) < 4.78 is 12.9. The molecule has 2 rings (SSSR count). The van der Waals surface area contributed by atoms with Gasteiger partial charge in [0.05, 0.1) is 13.1 Å². The van der Waals surface area contributed by atoms with Crippen LogP contribution in [0.2, 0.25) is 0 Å². The number of quaternary nitrogens is 1. The SMILES string of the molecule is CC(C)CNC(=O)C1CC[NH+](Cc2ccc(F)cc2)CC1. The first-order valence-corrected chi connectivity index (χ1v) is 7.90. The van der Waals surface area contributed by atoms with E-state index in [1.807, 2.05) is 12.1 Å². The highest BCUT2D eigenvalue weighted by Gasteiger charge is 2.27. The number of carbonyl (C=O) groups is 1. The number of rotatable bonds is 5. The predicted octanol–water partition coefficient (Wildman–Crippen LogP) is 1.39. The van der Waals surface area contributed by atoms with Crippen LogP contribution >= 0.6 is 0 Å². The van der Waals surface area contributed by atoms with Crippen molar-refractivity contribution in [3.8, 4) is 0 Å². The molecule has 1 fully saturated rings. The fraction of sp³-hybridized carbons (Fsp3) is 0.588. The van der Waals surface area contributed by atoms with Crippen LogP contribution in [0.25, 0.3) is 0 Å². The van der Waals surface area contributed by atoms with Gasteiger partial charge in [-0.2, -0.15) is 0 Å². The molecule has 1 aliphatic rings. The molecule has 2 N–H and O–H groups in total. The van der Waals surface area contributed by atoms with Crippen LogP contribution in [0.1, 0.15) is 32.3 Å². The molecule has 0 radical (unpaired) electrons.